The Kier molecular flexibility index (Phi) is 10.4. The summed E-state index contributed by atoms with van der Waals surface area (Å²) >= 11 is 0. The summed E-state index contributed by atoms with van der Waals surface area (Å²) in [7, 11) is 1.19. The standard InChI is InChI=1S/C8H16N2O4.ClH/c1-14-8(13)10-6(7(11)12)4-2-3-5-9;/h6H,2-5,9H2,1H3,(H,10,13)(H,11,12);1H/t6-;/m0./s1. The molecule has 0 aromatic heterocycles. The highest BCUT2D eigenvalue weighted by molar-refractivity contribution is 5.85. The van der Waals surface area contributed by atoms with Gasteiger partial charge in [-0.1, -0.05) is 0 Å². The minimum Gasteiger partial charge on any atom is -0.480 e. The molecule has 0 aliphatic heterocycles. The van der Waals surface area contributed by atoms with Crippen molar-refractivity contribution in [1.29, 1.82) is 0 Å². The van der Waals surface area contributed by atoms with Crippen LogP contribution in [0.25, 0.3) is 0 Å². The molecule has 0 aliphatic carbocycles. The lowest BCUT2D eigenvalue weighted by molar-refractivity contribution is -0.139. The van der Waals surface area contributed by atoms with Crippen molar-refractivity contribution in [3.8, 4) is 0 Å². The van der Waals surface area contributed by atoms with Crippen molar-refractivity contribution in [2.45, 2.75) is 25.3 Å². The maximum Gasteiger partial charge on any atom is 0.407 e. The maximum absolute atomic E-state index is 10.7. The van der Waals surface area contributed by atoms with Crippen molar-refractivity contribution in [2.24, 2.45) is 5.73 Å². The monoisotopic (exact) mass is 240 g/mol. The number of rotatable bonds is 6. The Bertz CT molecular complexity index is 201. The third-order valence-electron chi connectivity index (χ3n) is 1.72. The van der Waals surface area contributed by atoms with E-state index in [1.54, 1.807) is 0 Å². The molecular formula is C8H17ClN2O4. The Morgan fingerprint density at radius 3 is 2.47 bits per heavy atom. The van der Waals surface area contributed by atoms with Crippen LogP contribution in [0.15, 0.2) is 0 Å². The number of ether oxygens (including phenoxy) is 1. The second-order valence-electron chi connectivity index (χ2n) is 2.81. The lowest BCUT2D eigenvalue weighted by Crippen LogP contribution is -2.40. The van der Waals surface area contributed by atoms with Crippen LogP contribution >= 0.6 is 12.4 Å². The Balaban J connectivity index is 0. The number of methoxy groups -OCH3 is 1. The number of carbonyl (C=O) groups excluding carboxylic acids is 1. The normalized spacial score (nSPS) is 11.1. The third kappa shape index (κ3) is 8.02. The molecule has 0 spiro atoms. The van der Waals surface area contributed by atoms with E-state index in [1.165, 1.54) is 7.11 Å². The van der Waals surface area contributed by atoms with Crippen LogP contribution in [0, 0.1) is 0 Å². The van der Waals surface area contributed by atoms with Crippen LogP contribution in [0.1, 0.15) is 19.3 Å². The highest BCUT2D eigenvalue weighted by Gasteiger charge is 2.19. The molecule has 90 valence electrons. The number of alkyl carbamates (subject to hydrolysis) is 1. The van der Waals surface area contributed by atoms with Crippen LogP contribution in [0.2, 0.25) is 0 Å². The van der Waals surface area contributed by atoms with Crippen LogP contribution in [-0.4, -0.2) is 36.9 Å². The zero-order chi connectivity index (χ0) is 11.0. The van der Waals surface area contributed by atoms with Crippen LogP contribution in [0.4, 0.5) is 4.79 Å². The van der Waals surface area contributed by atoms with Crippen molar-refractivity contribution in [2.75, 3.05) is 13.7 Å². The molecular weight excluding hydrogens is 224 g/mol. The largest absolute Gasteiger partial charge is 0.480 e. The number of carboxylic acids is 1. The van der Waals surface area contributed by atoms with Gasteiger partial charge in [-0.25, -0.2) is 9.59 Å². The Morgan fingerprint density at radius 2 is 2.07 bits per heavy atom. The number of halogens is 1. The minimum absolute atomic E-state index is 0. The molecule has 0 saturated heterocycles. The molecule has 0 fully saturated rings. The number of nitrogens with one attached hydrogen (secondary N) is 1. The van der Waals surface area contributed by atoms with Crippen molar-refractivity contribution in [3.63, 3.8) is 0 Å². The lowest BCUT2D eigenvalue weighted by Gasteiger charge is -2.12. The van der Waals surface area contributed by atoms with Gasteiger partial charge in [-0.3, -0.25) is 0 Å². The highest BCUT2D eigenvalue weighted by Crippen LogP contribution is 2.00. The third-order valence-corrected chi connectivity index (χ3v) is 1.72. The SMILES string of the molecule is COC(=O)N[C@@H](CCCCN)C(=O)O.Cl. The molecule has 7 heteroatoms. The average molecular weight is 241 g/mol. The quantitative estimate of drug-likeness (QED) is 0.582. The van der Waals surface area contributed by atoms with Gasteiger partial charge in [0.25, 0.3) is 0 Å². The average Bonchev–Trinajstić information content (AvgIpc) is 2.16. The van der Waals surface area contributed by atoms with Gasteiger partial charge in [-0.15, -0.1) is 12.4 Å². The highest BCUT2D eigenvalue weighted by atomic mass is 35.5. The van der Waals surface area contributed by atoms with E-state index >= 15 is 0 Å². The van der Waals surface area contributed by atoms with Gasteiger partial charge in [0, 0.05) is 0 Å². The second kappa shape index (κ2) is 9.54. The summed E-state index contributed by atoms with van der Waals surface area (Å²) in [6.45, 7) is 0.518. The number of carbonyl (C=O) groups is 2. The molecule has 0 aliphatic rings. The number of hydrogen-bond donors (Lipinski definition) is 3. The van der Waals surface area contributed by atoms with Gasteiger partial charge in [0.05, 0.1) is 7.11 Å². The molecule has 0 heterocycles. The summed E-state index contributed by atoms with van der Waals surface area (Å²) in [5, 5.41) is 10.9. The first kappa shape index (κ1) is 16.4. The topological polar surface area (TPSA) is 102 Å². The second-order valence-corrected chi connectivity index (χ2v) is 2.81. The van der Waals surface area contributed by atoms with Gasteiger partial charge in [0.1, 0.15) is 6.04 Å². The van der Waals surface area contributed by atoms with E-state index in [1.807, 2.05) is 0 Å². The van der Waals surface area contributed by atoms with E-state index in [2.05, 4.69) is 10.1 Å². The van der Waals surface area contributed by atoms with E-state index in [9.17, 15) is 9.59 Å². The zero-order valence-electron chi connectivity index (χ0n) is 8.56. The van der Waals surface area contributed by atoms with Gasteiger partial charge >= 0.3 is 12.1 Å². The number of carboxylic acid groups (broad SMARTS) is 1. The summed E-state index contributed by atoms with van der Waals surface area (Å²) < 4.78 is 4.30. The van der Waals surface area contributed by atoms with E-state index in [0.29, 0.717) is 19.4 Å². The molecule has 0 saturated carbocycles. The predicted molar refractivity (Wildman–Crippen MR) is 57.1 cm³/mol. The first-order valence-electron chi connectivity index (χ1n) is 4.39. The fraction of sp³-hybridized carbons (Fsp3) is 0.750. The first-order valence-corrected chi connectivity index (χ1v) is 4.39. The molecule has 1 atom stereocenters. The van der Waals surface area contributed by atoms with Crippen LogP contribution in [-0.2, 0) is 9.53 Å². The van der Waals surface area contributed by atoms with Crippen molar-refractivity contribution in [1.82, 2.24) is 5.32 Å². The lowest BCUT2D eigenvalue weighted by atomic mass is 10.1. The predicted octanol–water partition coefficient (Wildman–Crippen LogP) is 0.346. The first-order chi connectivity index (χ1) is 6.61. The molecule has 0 aromatic rings. The van der Waals surface area contributed by atoms with Gasteiger partial charge in [0.15, 0.2) is 0 Å². The van der Waals surface area contributed by atoms with E-state index in [0.717, 1.165) is 6.42 Å². The van der Waals surface area contributed by atoms with Crippen LogP contribution in [0.3, 0.4) is 0 Å². The van der Waals surface area contributed by atoms with Crippen molar-refractivity contribution < 1.29 is 19.4 Å². The number of hydrogen-bond acceptors (Lipinski definition) is 4. The van der Waals surface area contributed by atoms with Gasteiger partial charge < -0.3 is 20.9 Å². The van der Waals surface area contributed by atoms with E-state index in [4.69, 9.17) is 10.8 Å². The molecule has 0 rings (SSSR count). The molecule has 1 amide bonds. The molecule has 15 heavy (non-hydrogen) atoms. The number of aliphatic carboxylic acids is 1. The molecule has 0 unspecified atom stereocenters. The van der Waals surface area contributed by atoms with E-state index < -0.39 is 18.1 Å². The molecule has 0 bridgehead atoms. The zero-order valence-corrected chi connectivity index (χ0v) is 9.38. The summed E-state index contributed by atoms with van der Waals surface area (Å²) in [5.41, 5.74) is 5.26. The van der Waals surface area contributed by atoms with Crippen molar-refractivity contribution >= 4 is 24.5 Å². The smallest absolute Gasteiger partial charge is 0.407 e. The molecule has 6 nitrogen and oxygen atoms in total. The van der Waals surface area contributed by atoms with Gasteiger partial charge in [-0.05, 0) is 25.8 Å². The fourth-order valence-corrected chi connectivity index (χ4v) is 0.951. The number of unbranched alkanes of at least 4 members (excludes halogenated alkanes) is 1. The summed E-state index contributed by atoms with van der Waals surface area (Å²) in [6.07, 6.45) is 1.04. The van der Waals surface area contributed by atoms with Crippen molar-refractivity contribution in [3.05, 3.63) is 0 Å². The summed E-state index contributed by atoms with van der Waals surface area (Å²) in [6, 6.07) is -0.894. The number of amides is 1. The van der Waals surface area contributed by atoms with Gasteiger partial charge in [0.2, 0.25) is 0 Å². The maximum atomic E-state index is 10.7. The molecule has 4 N–H and O–H groups in total. The molecule has 0 aromatic carbocycles. The Hall–Kier alpha value is -1.01. The molecule has 0 radical (unpaired) electrons. The van der Waals surface area contributed by atoms with Crippen LogP contribution in [0.5, 0.6) is 0 Å². The summed E-state index contributed by atoms with van der Waals surface area (Å²) in [4.78, 5) is 21.4. The Labute approximate surface area is 94.6 Å². The van der Waals surface area contributed by atoms with Crippen LogP contribution < -0.4 is 11.1 Å². The Morgan fingerprint density at radius 1 is 1.47 bits per heavy atom. The minimum atomic E-state index is -1.06. The van der Waals surface area contributed by atoms with Gasteiger partial charge in [-0.2, -0.15) is 0 Å². The number of nitrogens with two attached hydrogens (primary N) is 1. The fourth-order valence-electron chi connectivity index (χ4n) is 0.951. The van der Waals surface area contributed by atoms with E-state index in [-0.39, 0.29) is 12.4 Å². The summed E-state index contributed by atoms with van der Waals surface area (Å²) in [5.74, 6) is -1.06.